The van der Waals surface area contributed by atoms with E-state index in [1.54, 1.807) is 19.3 Å². The van der Waals surface area contributed by atoms with Gasteiger partial charge in [0.05, 0.1) is 27.2 Å². The predicted octanol–water partition coefficient (Wildman–Crippen LogP) is 2.52. The molecule has 0 aromatic carbocycles. The van der Waals surface area contributed by atoms with Crippen molar-refractivity contribution < 1.29 is 4.48 Å². The lowest BCUT2D eigenvalue weighted by atomic mass is 9.78. The van der Waals surface area contributed by atoms with Gasteiger partial charge in [0.15, 0.2) is 0 Å². The molecule has 5 atom stereocenters. The van der Waals surface area contributed by atoms with E-state index in [9.17, 15) is 0 Å². The fourth-order valence-corrected chi connectivity index (χ4v) is 4.92. The third-order valence-corrected chi connectivity index (χ3v) is 5.39. The molecule has 0 radical (unpaired) electrons. The van der Waals surface area contributed by atoms with Crippen LogP contribution >= 0.6 is 0 Å². The molecule has 80 valence electrons. The van der Waals surface area contributed by atoms with Gasteiger partial charge in [0.1, 0.15) is 0 Å². The minimum Gasteiger partial charge on any atom is -0.328 e. The van der Waals surface area contributed by atoms with E-state index in [0.29, 0.717) is 0 Å². The molecule has 14 heavy (non-hydrogen) atoms. The van der Waals surface area contributed by atoms with Gasteiger partial charge >= 0.3 is 0 Å². The molecule has 0 saturated heterocycles. The Morgan fingerprint density at radius 2 is 1.57 bits per heavy atom. The molecular weight excluding hydrogens is 170 g/mol. The Kier molecular flexibility index (Phi) is 1.81. The van der Waals surface area contributed by atoms with Gasteiger partial charge in [-0.3, -0.25) is 0 Å². The van der Waals surface area contributed by atoms with E-state index >= 15 is 0 Å². The SMILES string of the molecule is C[N+](C)(C)[C@@H]1C[C@H]2C[C@@H]1C1CCCC12. The van der Waals surface area contributed by atoms with Crippen LogP contribution in [0.5, 0.6) is 0 Å². The first-order chi connectivity index (χ1) is 6.57. The maximum Gasteiger partial charge on any atom is 0.0918 e. The average Bonchev–Trinajstić information content (AvgIpc) is 2.74. The van der Waals surface area contributed by atoms with E-state index in [4.69, 9.17) is 0 Å². The van der Waals surface area contributed by atoms with Crippen LogP contribution in [0.3, 0.4) is 0 Å². The number of hydrogen-bond donors (Lipinski definition) is 0. The Morgan fingerprint density at radius 1 is 0.857 bits per heavy atom. The van der Waals surface area contributed by atoms with Crippen LogP contribution in [0.2, 0.25) is 0 Å². The molecule has 0 aromatic heterocycles. The maximum atomic E-state index is 2.40. The standard InChI is InChI=1S/C13H24N/c1-14(2,3)13-8-9-7-12(13)11-6-4-5-10(9)11/h9-13H,4-8H2,1-3H3/q+1/t9-,10?,11?,12-,13-/m1/s1. The van der Waals surface area contributed by atoms with Gasteiger partial charge in [-0.2, -0.15) is 0 Å². The summed E-state index contributed by atoms with van der Waals surface area (Å²) in [5.41, 5.74) is 0. The minimum atomic E-state index is 0.986. The van der Waals surface area contributed by atoms with Crippen molar-refractivity contribution in [1.82, 2.24) is 0 Å². The lowest BCUT2D eigenvalue weighted by Crippen LogP contribution is -2.50. The van der Waals surface area contributed by atoms with Gasteiger partial charge in [-0.25, -0.2) is 0 Å². The zero-order chi connectivity index (χ0) is 9.92. The van der Waals surface area contributed by atoms with Crippen molar-refractivity contribution in [2.24, 2.45) is 23.7 Å². The summed E-state index contributed by atoms with van der Waals surface area (Å²) in [6.07, 6.45) is 7.77. The van der Waals surface area contributed by atoms with Gasteiger partial charge in [0, 0.05) is 12.3 Å². The fourth-order valence-electron chi connectivity index (χ4n) is 4.92. The van der Waals surface area contributed by atoms with E-state index in [2.05, 4.69) is 21.1 Å². The molecule has 2 unspecified atom stereocenters. The molecule has 1 heteroatoms. The van der Waals surface area contributed by atoms with E-state index in [1.165, 1.54) is 17.3 Å². The molecular formula is C13H24N+. The molecule has 3 rings (SSSR count). The summed E-state index contributed by atoms with van der Waals surface area (Å²) in [4.78, 5) is 0. The third kappa shape index (κ3) is 1.11. The van der Waals surface area contributed by atoms with Crippen LogP contribution in [-0.2, 0) is 0 Å². The van der Waals surface area contributed by atoms with Crippen molar-refractivity contribution in [3.8, 4) is 0 Å². The lowest BCUT2D eigenvalue weighted by Gasteiger charge is -2.40. The highest BCUT2D eigenvalue weighted by Gasteiger charge is 2.57. The molecule has 3 fully saturated rings. The highest BCUT2D eigenvalue weighted by atomic mass is 15.3. The smallest absolute Gasteiger partial charge is 0.0918 e. The third-order valence-electron chi connectivity index (χ3n) is 5.39. The molecule has 3 aliphatic carbocycles. The highest BCUT2D eigenvalue weighted by molar-refractivity contribution is 5.03. The molecule has 2 bridgehead atoms. The molecule has 1 nitrogen and oxygen atoms in total. The monoisotopic (exact) mass is 194 g/mol. The van der Waals surface area contributed by atoms with Crippen molar-refractivity contribution in [3.05, 3.63) is 0 Å². The van der Waals surface area contributed by atoms with Gasteiger partial charge in [0.2, 0.25) is 0 Å². The van der Waals surface area contributed by atoms with Crippen molar-refractivity contribution in [3.63, 3.8) is 0 Å². The van der Waals surface area contributed by atoms with Crippen LogP contribution in [0, 0.1) is 23.7 Å². The second kappa shape index (κ2) is 2.75. The molecule has 0 amide bonds. The molecule has 0 aliphatic heterocycles. The summed E-state index contributed by atoms with van der Waals surface area (Å²) >= 11 is 0. The van der Waals surface area contributed by atoms with Gasteiger partial charge < -0.3 is 4.48 Å². The lowest BCUT2D eigenvalue weighted by molar-refractivity contribution is -0.900. The Morgan fingerprint density at radius 3 is 2.29 bits per heavy atom. The summed E-state index contributed by atoms with van der Waals surface area (Å²) in [6.45, 7) is 0. The zero-order valence-electron chi connectivity index (χ0n) is 9.87. The zero-order valence-corrected chi connectivity index (χ0v) is 9.87. The van der Waals surface area contributed by atoms with Gasteiger partial charge in [0.25, 0.3) is 0 Å². The van der Waals surface area contributed by atoms with Crippen molar-refractivity contribution in [1.29, 1.82) is 0 Å². The van der Waals surface area contributed by atoms with Gasteiger partial charge in [-0.1, -0.05) is 6.42 Å². The van der Waals surface area contributed by atoms with E-state index < -0.39 is 0 Å². The second-order valence-corrected chi connectivity index (χ2v) is 6.84. The minimum absolute atomic E-state index is 0.986. The number of rotatable bonds is 1. The summed E-state index contributed by atoms with van der Waals surface area (Å²) < 4.78 is 1.21. The van der Waals surface area contributed by atoms with E-state index in [0.717, 1.165) is 29.7 Å². The van der Waals surface area contributed by atoms with Crippen molar-refractivity contribution >= 4 is 0 Å². The van der Waals surface area contributed by atoms with Gasteiger partial charge in [-0.05, 0) is 37.0 Å². The second-order valence-electron chi connectivity index (χ2n) is 6.84. The van der Waals surface area contributed by atoms with Crippen molar-refractivity contribution in [2.45, 2.75) is 38.1 Å². The maximum absolute atomic E-state index is 2.40. The Hall–Kier alpha value is -0.0400. The largest absolute Gasteiger partial charge is 0.328 e. The average molecular weight is 194 g/mol. The molecule has 0 aromatic rings. The van der Waals surface area contributed by atoms with Crippen LogP contribution < -0.4 is 0 Å². The van der Waals surface area contributed by atoms with Crippen LogP contribution in [0.1, 0.15) is 32.1 Å². The Bertz CT molecular complexity index is 240. The number of nitrogens with zero attached hydrogens (tertiary/aromatic N) is 1. The summed E-state index contributed by atoms with van der Waals surface area (Å²) in [7, 11) is 7.19. The normalized spacial score (nSPS) is 51.2. The van der Waals surface area contributed by atoms with E-state index in [1.807, 2.05) is 0 Å². The first-order valence-corrected chi connectivity index (χ1v) is 6.38. The highest BCUT2D eigenvalue weighted by Crippen LogP contribution is 2.60. The fraction of sp³-hybridized carbons (Fsp3) is 1.00. The summed E-state index contributed by atoms with van der Waals surface area (Å²) in [5, 5.41) is 0. The molecule has 3 saturated carbocycles. The first kappa shape index (κ1) is 9.21. The van der Waals surface area contributed by atoms with Gasteiger partial charge in [-0.15, -0.1) is 0 Å². The van der Waals surface area contributed by atoms with E-state index in [-0.39, 0.29) is 0 Å². The summed E-state index contributed by atoms with van der Waals surface area (Å²) in [5.74, 6) is 4.50. The number of fused-ring (bicyclic) bond motifs is 5. The quantitative estimate of drug-likeness (QED) is 0.563. The molecule has 0 heterocycles. The number of hydrogen-bond acceptors (Lipinski definition) is 0. The first-order valence-electron chi connectivity index (χ1n) is 6.38. The van der Waals surface area contributed by atoms with Crippen LogP contribution in [0.4, 0.5) is 0 Å². The van der Waals surface area contributed by atoms with Crippen LogP contribution in [-0.4, -0.2) is 31.7 Å². The molecule has 0 spiro atoms. The number of quaternary nitrogens is 1. The topological polar surface area (TPSA) is 0 Å². The Labute approximate surface area is 88.1 Å². The summed E-state index contributed by atoms with van der Waals surface area (Å²) in [6, 6.07) is 0.986. The van der Waals surface area contributed by atoms with Crippen LogP contribution in [0.25, 0.3) is 0 Å². The van der Waals surface area contributed by atoms with Crippen LogP contribution in [0.15, 0.2) is 0 Å². The predicted molar refractivity (Wildman–Crippen MR) is 58.9 cm³/mol. The van der Waals surface area contributed by atoms with Crippen molar-refractivity contribution in [2.75, 3.05) is 21.1 Å². The Balaban J connectivity index is 1.83. The molecule has 3 aliphatic rings. The molecule has 0 N–H and O–H groups in total.